The van der Waals surface area contributed by atoms with Crippen LogP contribution in [-0.2, 0) is 6.42 Å². The van der Waals surface area contributed by atoms with E-state index in [2.05, 4.69) is 34.9 Å². The summed E-state index contributed by atoms with van der Waals surface area (Å²) in [5, 5.41) is 1.16. The normalized spacial score (nSPS) is 17.0. The first-order valence-corrected chi connectivity index (χ1v) is 8.79. The summed E-state index contributed by atoms with van der Waals surface area (Å²) < 4.78 is 0. The number of anilines is 2. The average Bonchev–Trinajstić information content (AvgIpc) is 2.71. The van der Waals surface area contributed by atoms with Crippen LogP contribution in [0.2, 0.25) is 0 Å². The van der Waals surface area contributed by atoms with Crippen molar-refractivity contribution in [3.8, 4) is 0 Å². The first-order chi connectivity index (χ1) is 10.2. The van der Waals surface area contributed by atoms with Crippen LogP contribution >= 0.6 is 11.3 Å². The van der Waals surface area contributed by atoms with Crippen molar-refractivity contribution in [2.75, 3.05) is 17.7 Å². The third-order valence-corrected chi connectivity index (χ3v) is 5.67. The van der Waals surface area contributed by atoms with Crippen LogP contribution < -0.4 is 10.6 Å². The maximum Gasteiger partial charge on any atom is 0.223 e. The van der Waals surface area contributed by atoms with E-state index < -0.39 is 0 Å². The molecule has 0 bridgehead atoms. The van der Waals surface area contributed by atoms with Crippen molar-refractivity contribution in [3.63, 3.8) is 0 Å². The van der Waals surface area contributed by atoms with Gasteiger partial charge in [-0.25, -0.2) is 4.98 Å². The highest BCUT2D eigenvalue weighted by molar-refractivity contribution is 7.18. The van der Waals surface area contributed by atoms with Gasteiger partial charge in [-0.15, -0.1) is 11.3 Å². The van der Waals surface area contributed by atoms with E-state index in [0.29, 0.717) is 12.0 Å². The van der Waals surface area contributed by atoms with Crippen LogP contribution in [0.1, 0.15) is 50.3 Å². The molecule has 1 fully saturated rings. The van der Waals surface area contributed by atoms with E-state index in [1.54, 1.807) is 11.3 Å². The van der Waals surface area contributed by atoms with Gasteiger partial charge in [-0.05, 0) is 25.3 Å². The SMILES string of the molecule is CCc1cc2c(N(C)C3CCCCCC3)nc(N)nc2s1. The van der Waals surface area contributed by atoms with Crippen molar-refractivity contribution in [2.24, 2.45) is 0 Å². The number of thiophene rings is 1. The van der Waals surface area contributed by atoms with Crippen LogP contribution in [-0.4, -0.2) is 23.1 Å². The van der Waals surface area contributed by atoms with Gasteiger partial charge in [0.25, 0.3) is 0 Å². The van der Waals surface area contributed by atoms with Crippen molar-refractivity contribution < 1.29 is 0 Å². The molecule has 2 aromatic rings. The minimum atomic E-state index is 0.391. The highest BCUT2D eigenvalue weighted by Gasteiger charge is 2.21. The van der Waals surface area contributed by atoms with Gasteiger partial charge in [0.05, 0.1) is 5.39 Å². The molecule has 5 heteroatoms. The van der Waals surface area contributed by atoms with Crippen molar-refractivity contribution in [2.45, 2.75) is 57.9 Å². The molecule has 2 heterocycles. The Bertz CT molecular complexity index is 614. The number of nitrogen functional groups attached to an aromatic ring is 1. The maximum absolute atomic E-state index is 5.93. The first kappa shape index (κ1) is 14.6. The summed E-state index contributed by atoms with van der Waals surface area (Å²) in [6, 6.07) is 2.82. The number of hydrogen-bond donors (Lipinski definition) is 1. The van der Waals surface area contributed by atoms with Gasteiger partial charge in [-0.2, -0.15) is 4.98 Å². The topological polar surface area (TPSA) is 55.0 Å². The molecule has 1 aliphatic carbocycles. The molecular weight excluding hydrogens is 280 g/mol. The Balaban J connectivity index is 1.99. The fourth-order valence-electron chi connectivity index (χ4n) is 3.23. The minimum absolute atomic E-state index is 0.391. The second kappa shape index (κ2) is 6.18. The lowest BCUT2D eigenvalue weighted by molar-refractivity contribution is 0.550. The highest BCUT2D eigenvalue weighted by Crippen LogP contribution is 2.34. The van der Waals surface area contributed by atoms with Crippen molar-refractivity contribution in [1.29, 1.82) is 0 Å². The molecule has 4 nitrogen and oxygen atoms in total. The predicted octanol–water partition coefficient (Wildman–Crippen LogP) is 3.99. The summed E-state index contributed by atoms with van der Waals surface area (Å²) in [6.07, 6.45) is 8.92. The molecule has 2 N–H and O–H groups in total. The molecule has 0 amide bonds. The molecular formula is C16H24N4S. The van der Waals surface area contributed by atoms with Crippen LogP contribution in [0.4, 0.5) is 11.8 Å². The molecule has 21 heavy (non-hydrogen) atoms. The molecule has 0 radical (unpaired) electrons. The summed E-state index contributed by atoms with van der Waals surface area (Å²) in [5.41, 5.74) is 5.93. The molecule has 2 aromatic heterocycles. The third-order valence-electron chi connectivity index (χ3n) is 4.50. The molecule has 1 saturated carbocycles. The van der Waals surface area contributed by atoms with E-state index in [0.717, 1.165) is 22.5 Å². The summed E-state index contributed by atoms with van der Waals surface area (Å²) in [4.78, 5) is 13.7. The Kier molecular flexibility index (Phi) is 4.29. The minimum Gasteiger partial charge on any atom is -0.368 e. The number of aromatic nitrogens is 2. The van der Waals surface area contributed by atoms with Gasteiger partial charge >= 0.3 is 0 Å². The number of fused-ring (bicyclic) bond motifs is 1. The van der Waals surface area contributed by atoms with Gasteiger partial charge in [0.1, 0.15) is 10.6 Å². The molecule has 1 aliphatic rings. The molecule has 114 valence electrons. The smallest absolute Gasteiger partial charge is 0.223 e. The number of nitrogens with two attached hydrogens (primary N) is 1. The third kappa shape index (κ3) is 2.98. The van der Waals surface area contributed by atoms with E-state index in [4.69, 9.17) is 5.73 Å². The fraction of sp³-hybridized carbons (Fsp3) is 0.625. The van der Waals surface area contributed by atoms with E-state index in [-0.39, 0.29) is 0 Å². The second-order valence-corrected chi connectivity index (χ2v) is 7.06. The van der Waals surface area contributed by atoms with Crippen molar-refractivity contribution in [3.05, 3.63) is 10.9 Å². The summed E-state index contributed by atoms with van der Waals surface area (Å²) in [7, 11) is 2.17. The largest absolute Gasteiger partial charge is 0.368 e. The monoisotopic (exact) mass is 304 g/mol. The zero-order valence-electron chi connectivity index (χ0n) is 12.9. The maximum atomic E-state index is 5.93. The van der Waals surface area contributed by atoms with Crippen molar-refractivity contribution >= 4 is 33.3 Å². The Morgan fingerprint density at radius 2 is 1.95 bits per heavy atom. The molecule has 0 atom stereocenters. The number of nitrogens with zero attached hydrogens (tertiary/aromatic N) is 3. The first-order valence-electron chi connectivity index (χ1n) is 7.97. The van der Waals surface area contributed by atoms with Gasteiger partial charge < -0.3 is 10.6 Å². The molecule has 0 aliphatic heterocycles. The van der Waals surface area contributed by atoms with Crippen LogP contribution in [0, 0.1) is 0 Å². The van der Waals surface area contributed by atoms with Crippen LogP contribution in [0.5, 0.6) is 0 Å². The summed E-state index contributed by atoms with van der Waals surface area (Å²) in [5.74, 6) is 1.41. The Morgan fingerprint density at radius 1 is 1.24 bits per heavy atom. The lowest BCUT2D eigenvalue weighted by Gasteiger charge is -2.28. The van der Waals surface area contributed by atoms with Crippen LogP contribution in [0.3, 0.4) is 0 Å². The van der Waals surface area contributed by atoms with Gasteiger partial charge in [-0.1, -0.05) is 32.6 Å². The quantitative estimate of drug-likeness (QED) is 0.871. The summed E-state index contributed by atoms with van der Waals surface area (Å²) >= 11 is 1.74. The highest BCUT2D eigenvalue weighted by atomic mass is 32.1. The number of hydrogen-bond acceptors (Lipinski definition) is 5. The van der Waals surface area contributed by atoms with Gasteiger partial charge in [-0.3, -0.25) is 0 Å². The predicted molar refractivity (Wildman–Crippen MR) is 91.1 cm³/mol. The zero-order valence-corrected chi connectivity index (χ0v) is 13.7. The number of rotatable bonds is 3. The van der Waals surface area contributed by atoms with E-state index >= 15 is 0 Å². The lowest BCUT2D eigenvalue weighted by atomic mass is 10.1. The summed E-state index contributed by atoms with van der Waals surface area (Å²) in [6.45, 7) is 2.18. The van der Waals surface area contributed by atoms with Gasteiger partial charge in [0.2, 0.25) is 5.95 Å². The fourth-order valence-corrected chi connectivity index (χ4v) is 4.20. The standard InChI is InChI=1S/C16H24N4S/c1-3-12-10-13-14(18-16(17)19-15(13)21-12)20(2)11-8-6-4-5-7-9-11/h10-11H,3-9H2,1-2H3,(H2,17,18,19). The van der Waals surface area contributed by atoms with Crippen LogP contribution in [0.15, 0.2) is 6.07 Å². The molecule has 0 saturated heterocycles. The second-order valence-electron chi connectivity index (χ2n) is 5.95. The van der Waals surface area contributed by atoms with E-state index in [9.17, 15) is 0 Å². The van der Waals surface area contributed by atoms with Gasteiger partial charge in [0.15, 0.2) is 0 Å². The van der Waals surface area contributed by atoms with Crippen LogP contribution in [0.25, 0.3) is 10.2 Å². The molecule has 0 unspecified atom stereocenters. The molecule has 0 aromatic carbocycles. The number of aryl methyl sites for hydroxylation is 1. The van der Waals surface area contributed by atoms with E-state index in [1.165, 1.54) is 43.4 Å². The van der Waals surface area contributed by atoms with Gasteiger partial charge in [0, 0.05) is 18.0 Å². The molecule has 0 spiro atoms. The Labute approximate surface area is 130 Å². The lowest BCUT2D eigenvalue weighted by Crippen LogP contribution is -2.32. The van der Waals surface area contributed by atoms with E-state index in [1.807, 2.05) is 0 Å². The Hall–Kier alpha value is -1.36. The zero-order chi connectivity index (χ0) is 14.8. The average molecular weight is 304 g/mol. The Morgan fingerprint density at radius 3 is 2.62 bits per heavy atom. The van der Waals surface area contributed by atoms with Crippen molar-refractivity contribution in [1.82, 2.24) is 9.97 Å². The molecule has 3 rings (SSSR count).